The molecule has 7 heteroatoms. The minimum atomic E-state index is -1.07. The summed E-state index contributed by atoms with van der Waals surface area (Å²) >= 11 is 0. The molecule has 3 N–H and O–H groups in total. The Balaban J connectivity index is 2.57. The fraction of sp³-hybridized carbons (Fsp3) is 0.0833. The Labute approximate surface area is 106 Å². The van der Waals surface area contributed by atoms with Gasteiger partial charge >= 0.3 is 17.3 Å². The van der Waals surface area contributed by atoms with Crippen LogP contribution in [0.1, 0.15) is 11.1 Å². The Morgan fingerprint density at radius 1 is 1.21 bits per heavy atom. The fourth-order valence-corrected chi connectivity index (χ4v) is 1.73. The van der Waals surface area contributed by atoms with Gasteiger partial charge in [-0.3, -0.25) is 0 Å². The molecule has 1 aromatic carbocycles. The number of carboxylic acids is 1. The Bertz CT molecular complexity index is 736. The quantitative estimate of drug-likeness (QED) is 0.688. The summed E-state index contributed by atoms with van der Waals surface area (Å²) in [7, 11) is 0. The predicted molar refractivity (Wildman–Crippen MR) is 68.4 cm³/mol. The number of carbonyl (C=O) groups is 1. The van der Waals surface area contributed by atoms with Gasteiger partial charge in [-0.25, -0.2) is 29.1 Å². The van der Waals surface area contributed by atoms with Crippen LogP contribution < -0.4 is 11.4 Å². The fourth-order valence-electron chi connectivity index (χ4n) is 1.73. The van der Waals surface area contributed by atoms with Gasteiger partial charge in [-0.1, -0.05) is 6.07 Å². The molecule has 98 valence electrons. The van der Waals surface area contributed by atoms with Gasteiger partial charge in [0.1, 0.15) is 0 Å². The highest BCUT2D eigenvalue weighted by atomic mass is 16.4. The van der Waals surface area contributed by atoms with Crippen molar-refractivity contribution >= 4 is 12.0 Å². The molecule has 0 bridgehead atoms. The zero-order valence-corrected chi connectivity index (χ0v) is 10.0. The van der Waals surface area contributed by atoms with Crippen LogP contribution in [0.2, 0.25) is 0 Å². The van der Waals surface area contributed by atoms with E-state index >= 15 is 0 Å². The molecule has 1 heterocycles. The summed E-state index contributed by atoms with van der Waals surface area (Å²) in [6, 6.07) is 4.95. The standard InChI is InChI=1S/C12H11N3O4/c1-7-4-8(2-3-10(16)17)6-9(5-7)15-11(18)13-14-12(15)19/h2-6H,1H3,(H,13,18)(H,14,19)(H,16,17)/b3-2+. The van der Waals surface area contributed by atoms with E-state index < -0.39 is 17.3 Å². The monoisotopic (exact) mass is 261 g/mol. The summed E-state index contributed by atoms with van der Waals surface area (Å²) in [5, 5.41) is 12.9. The van der Waals surface area contributed by atoms with E-state index in [0.29, 0.717) is 11.3 Å². The molecule has 2 rings (SSSR count). The Morgan fingerprint density at radius 2 is 1.84 bits per heavy atom. The Morgan fingerprint density at radius 3 is 2.42 bits per heavy atom. The van der Waals surface area contributed by atoms with E-state index in [0.717, 1.165) is 16.2 Å². The van der Waals surface area contributed by atoms with Gasteiger partial charge in [-0.15, -0.1) is 0 Å². The Kier molecular flexibility index (Phi) is 3.19. The molecule has 19 heavy (non-hydrogen) atoms. The SMILES string of the molecule is Cc1cc(/C=C/C(=O)O)cc(-n2c(=O)[nH][nH]c2=O)c1. The minimum absolute atomic E-state index is 0.373. The topological polar surface area (TPSA) is 108 Å². The molecule has 0 aliphatic heterocycles. The molecule has 2 aromatic rings. The normalized spacial score (nSPS) is 11.0. The van der Waals surface area contributed by atoms with E-state index in [1.807, 2.05) is 0 Å². The van der Waals surface area contributed by atoms with Crippen molar-refractivity contribution in [1.82, 2.24) is 14.8 Å². The van der Waals surface area contributed by atoms with Gasteiger partial charge in [0.05, 0.1) is 5.69 Å². The van der Waals surface area contributed by atoms with Crippen LogP contribution >= 0.6 is 0 Å². The van der Waals surface area contributed by atoms with Crippen molar-refractivity contribution in [1.29, 1.82) is 0 Å². The van der Waals surface area contributed by atoms with Gasteiger partial charge in [0.25, 0.3) is 0 Å². The summed E-state index contributed by atoms with van der Waals surface area (Å²) < 4.78 is 0.936. The number of rotatable bonds is 3. The lowest BCUT2D eigenvalue weighted by atomic mass is 10.1. The van der Waals surface area contributed by atoms with Crippen molar-refractivity contribution in [2.45, 2.75) is 6.92 Å². The summed E-state index contributed by atoms with van der Waals surface area (Å²) in [5.41, 5.74) is 0.602. The zero-order chi connectivity index (χ0) is 14.0. The average molecular weight is 261 g/mol. The van der Waals surface area contributed by atoms with Crippen LogP contribution in [-0.2, 0) is 4.79 Å². The molecule has 0 saturated heterocycles. The van der Waals surface area contributed by atoms with Crippen molar-refractivity contribution in [3.63, 3.8) is 0 Å². The molecule has 0 amide bonds. The van der Waals surface area contributed by atoms with Crippen molar-refractivity contribution in [3.8, 4) is 5.69 Å². The number of aliphatic carboxylic acids is 1. The molecule has 0 radical (unpaired) electrons. The van der Waals surface area contributed by atoms with Crippen LogP contribution in [0.25, 0.3) is 11.8 Å². The first-order valence-electron chi connectivity index (χ1n) is 5.40. The molecule has 0 saturated carbocycles. The number of aryl methyl sites for hydroxylation is 1. The number of carboxylic acid groups (broad SMARTS) is 1. The maximum Gasteiger partial charge on any atom is 0.348 e. The number of hydrogen-bond donors (Lipinski definition) is 3. The number of hydrogen-bond acceptors (Lipinski definition) is 3. The third kappa shape index (κ3) is 2.71. The molecule has 1 aromatic heterocycles. The number of benzene rings is 1. The number of aromatic nitrogens is 3. The molecule has 0 aliphatic rings. The van der Waals surface area contributed by atoms with Crippen molar-refractivity contribution in [3.05, 3.63) is 56.4 Å². The smallest absolute Gasteiger partial charge is 0.348 e. The second-order valence-electron chi connectivity index (χ2n) is 3.97. The highest BCUT2D eigenvalue weighted by Crippen LogP contribution is 2.13. The highest BCUT2D eigenvalue weighted by Gasteiger charge is 2.07. The molecule has 0 atom stereocenters. The predicted octanol–water partition coefficient (Wildman–Crippen LogP) is 0.260. The number of nitrogens with zero attached hydrogens (tertiary/aromatic N) is 1. The summed E-state index contributed by atoms with van der Waals surface area (Å²) in [6.45, 7) is 1.79. The molecule has 7 nitrogen and oxygen atoms in total. The van der Waals surface area contributed by atoms with Gasteiger partial charge in [0.15, 0.2) is 0 Å². The molecule has 0 aliphatic carbocycles. The molecule has 0 fully saturated rings. The first-order valence-corrected chi connectivity index (χ1v) is 5.40. The highest BCUT2D eigenvalue weighted by molar-refractivity contribution is 5.85. The number of H-pyrrole nitrogens is 2. The van der Waals surface area contributed by atoms with Crippen LogP contribution in [0.15, 0.2) is 33.9 Å². The van der Waals surface area contributed by atoms with E-state index in [1.54, 1.807) is 25.1 Å². The van der Waals surface area contributed by atoms with Gasteiger partial charge in [-0.2, -0.15) is 0 Å². The zero-order valence-electron chi connectivity index (χ0n) is 10.0. The molecular weight excluding hydrogens is 250 g/mol. The lowest BCUT2D eigenvalue weighted by molar-refractivity contribution is -0.131. The third-order valence-corrected chi connectivity index (χ3v) is 2.44. The van der Waals surface area contributed by atoms with E-state index in [4.69, 9.17) is 5.11 Å². The largest absolute Gasteiger partial charge is 0.478 e. The van der Waals surface area contributed by atoms with E-state index in [9.17, 15) is 14.4 Å². The van der Waals surface area contributed by atoms with Crippen LogP contribution in [0, 0.1) is 6.92 Å². The van der Waals surface area contributed by atoms with Gasteiger partial charge < -0.3 is 5.11 Å². The van der Waals surface area contributed by atoms with E-state index in [1.165, 1.54) is 6.08 Å². The van der Waals surface area contributed by atoms with Crippen LogP contribution in [-0.4, -0.2) is 25.8 Å². The molecule has 0 unspecified atom stereocenters. The summed E-state index contributed by atoms with van der Waals surface area (Å²) in [5.74, 6) is -1.07. The third-order valence-electron chi connectivity index (χ3n) is 2.44. The van der Waals surface area contributed by atoms with Crippen LogP contribution in [0.3, 0.4) is 0 Å². The van der Waals surface area contributed by atoms with Crippen molar-refractivity contribution in [2.24, 2.45) is 0 Å². The summed E-state index contributed by atoms with van der Waals surface area (Å²) in [4.78, 5) is 33.5. The Hall–Kier alpha value is -2.83. The van der Waals surface area contributed by atoms with Crippen LogP contribution in [0.5, 0.6) is 0 Å². The first kappa shape index (κ1) is 12.6. The average Bonchev–Trinajstić information content (AvgIpc) is 2.66. The lowest BCUT2D eigenvalue weighted by Gasteiger charge is -2.03. The lowest BCUT2D eigenvalue weighted by Crippen LogP contribution is -2.24. The number of aromatic amines is 2. The minimum Gasteiger partial charge on any atom is -0.478 e. The first-order chi connectivity index (χ1) is 8.97. The second-order valence-corrected chi connectivity index (χ2v) is 3.97. The van der Waals surface area contributed by atoms with Crippen molar-refractivity contribution in [2.75, 3.05) is 0 Å². The maximum atomic E-state index is 11.5. The second kappa shape index (κ2) is 4.81. The maximum absolute atomic E-state index is 11.5. The van der Waals surface area contributed by atoms with E-state index in [2.05, 4.69) is 10.2 Å². The number of nitrogens with one attached hydrogen (secondary N) is 2. The summed E-state index contributed by atoms with van der Waals surface area (Å²) in [6.07, 6.45) is 2.38. The van der Waals surface area contributed by atoms with Gasteiger partial charge in [0, 0.05) is 6.08 Å². The van der Waals surface area contributed by atoms with Crippen LogP contribution in [0.4, 0.5) is 0 Å². The van der Waals surface area contributed by atoms with Gasteiger partial charge in [0.2, 0.25) is 0 Å². The van der Waals surface area contributed by atoms with E-state index in [-0.39, 0.29) is 0 Å². The van der Waals surface area contributed by atoms with Gasteiger partial charge in [-0.05, 0) is 36.3 Å². The van der Waals surface area contributed by atoms with Crippen molar-refractivity contribution < 1.29 is 9.90 Å². The molecule has 0 spiro atoms. The molecular formula is C12H11N3O4.